The Morgan fingerprint density at radius 3 is 2.69 bits per heavy atom. The van der Waals surface area contributed by atoms with E-state index in [1.54, 1.807) is 6.20 Å². The van der Waals surface area contributed by atoms with Crippen molar-refractivity contribution >= 4 is 28.3 Å². The maximum atomic E-state index is 8.64. The molecular formula is C8H12BrClN2O. The van der Waals surface area contributed by atoms with Gasteiger partial charge in [-0.15, -0.1) is 12.4 Å². The molecular weight excluding hydrogens is 255 g/mol. The Hall–Kier alpha value is -0.160. The van der Waals surface area contributed by atoms with Gasteiger partial charge >= 0.3 is 0 Å². The number of hydrogen-bond acceptors (Lipinski definition) is 3. The first-order valence-electron chi connectivity index (χ1n) is 3.72. The summed E-state index contributed by atoms with van der Waals surface area (Å²) >= 11 is 3.28. The zero-order chi connectivity index (χ0) is 8.97. The quantitative estimate of drug-likeness (QED) is 0.875. The largest absolute Gasteiger partial charge is 0.396 e. The zero-order valence-electron chi connectivity index (χ0n) is 6.98. The van der Waals surface area contributed by atoms with Gasteiger partial charge in [-0.05, 0) is 34.5 Å². The molecule has 3 nitrogen and oxygen atoms in total. The fraction of sp³-hybridized carbons (Fsp3) is 0.375. The van der Waals surface area contributed by atoms with E-state index in [4.69, 9.17) is 10.8 Å². The molecule has 0 amide bonds. The van der Waals surface area contributed by atoms with Gasteiger partial charge in [-0.25, -0.2) is 0 Å². The number of aliphatic hydroxyl groups excluding tert-OH is 1. The van der Waals surface area contributed by atoms with Gasteiger partial charge in [-0.2, -0.15) is 0 Å². The molecule has 0 spiro atoms. The van der Waals surface area contributed by atoms with Crippen molar-refractivity contribution in [1.82, 2.24) is 4.98 Å². The lowest BCUT2D eigenvalue weighted by molar-refractivity contribution is 0.275. The van der Waals surface area contributed by atoms with Crippen LogP contribution in [0.25, 0.3) is 0 Å². The van der Waals surface area contributed by atoms with E-state index in [1.165, 1.54) is 0 Å². The SMILES string of the molecule is Cl.N[C@@H](CCO)c1ccc(Br)cn1. The summed E-state index contributed by atoms with van der Waals surface area (Å²) in [5, 5.41) is 8.64. The molecule has 74 valence electrons. The fourth-order valence-electron chi connectivity index (χ4n) is 0.894. The van der Waals surface area contributed by atoms with Gasteiger partial charge < -0.3 is 10.8 Å². The second-order valence-electron chi connectivity index (χ2n) is 2.52. The highest BCUT2D eigenvalue weighted by Crippen LogP contribution is 2.13. The van der Waals surface area contributed by atoms with Crippen molar-refractivity contribution in [3.63, 3.8) is 0 Å². The molecule has 0 bridgehead atoms. The second kappa shape index (κ2) is 6.32. The smallest absolute Gasteiger partial charge is 0.0572 e. The van der Waals surface area contributed by atoms with Gasteiger partial charge in [0.15, 0.2) is 0 Å². The van der Waals surface area contributed by atoms with Crippen LogP contribution >= 0.6 is 28.3 Å². The number of hydrogen-bond donors (Lipinski definition) is 2. The van der Waals surface area contributed by atoms with Crippen LogP contribution in [0.1, 0.15) is 18.2 Å². The first-order valence-corrected chi connectivity index (χ1v) is 4.51. The minimum absolute atomic E-state index is 0. The van der Waals surface area contributed by atoms with E-state index >= 15 is 0 Å². The molecule has 1 atom stereocenters. The maximum Gasteiger partial charge on any atom is 0.0572 e. The fourth-order valence-corrected chi connectivity index (χ4v) is 1.13. The number of rotatable bonds is 3. The Bertz CT molecular complexity index is 242. The predicted molar refractivity (Wildman–Crippen MR) is 57.8 cm³/mol. The summed E-state index contributed by atoms with van der Waals surface area (Å²) in [5.74, 6) is 0. The summed E-state index contributed by atoms with van der Waals surface area (Å²) in [7, 11) is 0. The Kier molecular flexibility index (Phi) is 6.24. The average molecular weight is 268 g/mol. The Morgan fingerprint density at radius 1 is 1.54 bits per heavy atom. The monoisotopic (exact) mass is 266 g/mol. The normalized spacial score (nSPS) is 11.9. The highest BCUT2D eigenvalue weighted by Gasteiger charge is 2.05. The summed E-state index contributed by atoms with van der Waals surface area (Å²) < 4.78 is 0.933. The first kappa shape index (κ1) is 12.8. The molecule has 0 aromatic carbocycles. The summed E-state index contributed by atoms with van der Waals surface area (Å²) in [4.78, 5) is 4.11. The first-order chi connectivity index (χ1) is 5.74. The molecule has 1 aromatic heterocycles. The second-order valence-corrected chi connectivity index (χ2v) is 3.44. The molecule has 0 unspecified atom stereocenters. The summed E-state index contributed by atoms with van der Waals surface area (Å²) in [6, 6.07) is 3.58. The average Bonchev–Trinajstić information content (AvgIpc) is 2.06. The van der Waals surface area contributed by atoms with Gasteiger partial charge in [0, 0.05) is 23.3 Å². The lowest BCUT2D eigenvalue weighted by Gasteiger charge is -2.08. The molecule has 0 saturated heterocycles. The Morgan fingerprint density at radius 2 is 2.23 bits per heavy atom. The minimum atomic E-state index is -0.164. The van der Waals surface area contributed by atoms with E-state index in [-0.39, 0.29) is 25.1 Å². The third kappa shape index (κ3) is 4.04. The number of nitrogens with two attached hydrogens (primary N) is 1. The Balaban J connectivity index is 0.00000144. The summed E-state index contributed by atoms with van der Waals surface area (Å²) in [6.45, 7) is 0.0961. The molecule has 0 aliphatic heterocycles. The van der Waals surface area contributed by atoms with Gasteiger partial charge in [0.25, 0.3) is 0 Å². The van der Waals surface area contributed by atoms with Crippen LogP contribution in [-0.4, -0.2) is 16.7 Å². The van der Waals surface area contributed by atoms with Crippen LogP contribution < -0.4 is 5.73 Å². The number of aliphatic hydroxyl groups is 1. The van der Waals surface area contributed by atoms with Gasteiger partial charge in [-0.1, -0.05) is 0 Å². The van der Waals surface area contributed by atoms with Crippen molar-refractivity contribution in [2.75, 3.05) is 6.61 Å². The number of nitrogens with zero attached hydrogens (tertiary/aromatic N) is 1. The molecule has 1 heterocycles. The molecule has 0 aliphatic carbocycles. The molecule has 0 aliphatic rings. The minimum Gasteiger partial charge on any atom is -0.396 e. The van der Waals surface area contributed by atoms with E-state index in [1.807, 2.05) is 12.1 Å². The molecule has 0 fully saturated rings. The van der Waals surface area contributed by atoms with Crippen LogP contribution in [0.5, 0.6) is 0 Å². The van der Waals surface area contributed by atoms with Crippen LogP contribution in [0.2, 0.25) is 0 Å². The highest BCUT2D eigenvalue weighted by atomic mass is 79.9. The van der Waals surface area contributed by atoms with Crippen LogP contribution in [0.15, 0.2) is 22.8 Å². The summed E-state index contributed by atoms with van der Waals surface area (Å²) in [5.41, 5.74) is 6.53. The van der Waals surface area contributed by atoms with Crippen LogP contribution in [0.4, 0.5) is 0 Å². The van der Waals surface area contributed by atoms with Gasteiger partial charge in [0.05, 0.1) is 5.69 Å². The van der Waals surface area contributed by atoms with E-state index in [0.717, 1.165) is 10.2 Å². The molecule has 0 saturated carbocycles. The molecule has 3 N–H and O–H groups in total. The van der Waals surface area contributed by atoms with Crippen molar-refractivity contribution in [2.24, 2.45) is 5.73 Å². The van der Waals surface area contributed by atoms with Gasteiger partial charge in [-0.3, -0.25) is 4.98 Å². The van der Waals surface area contributed by atoms with E-state index in [2.05, 4.69) is 20.9 Å². The molecule has 13 heavy (non-hydrogen) atoms. The van der Waals surface area contributed by atoms with Crippen LogP contribution in [0, 0.1) is 0 Å². The third-order valence-electron chi connectivity index (χ3n) is 1.57. The number of halogens is 2. The lowest BCUT2D eigenvalue weighted by Crippen LogP contribution is -2.13. The highest BCUT2D eigenvalue weighted by molar-refractivity contribution is 9.10. The van der Waals surface area contributed by atoms with Crippen molar-refractivity contribution in [1.29, 1.82) is 0 Å². The lowest BCUT2D eigenvalue weighted by atomic mass is 10.1. The van der Waals surface area contributed by atoms with Crippen molar-refractivity contribution in [3.05, 3.63) is 28.5 Å². The van der Waals surface area contributed by atoms with E-state index in [9.17, 15) is 0 Å². The van der Waals surface area contributed by atoms with Crippen LogP contribution in [-0.2, 0) is 0 Å². The van der Waals surface area contributed by atoms with Crippen LogP contribution in [0.3, 0.4) is 0 Å². The topological polar surface area (TPSA) is 59.1 Å². The van der Waals surface area contributed by atoms with Crippen molar-refractivity contribution in [2.45, 2.75) is 12.5 Å². The van der Waals surface area contributed by atoms with Crippen molar-refractivity contribution in [3.8, 4) is 0 Å². The molecule has 0 radical (unpaired) electrons. The number of aromatic nitrogens is 1. The summed E-state index contributed by atoms with van der Waals surface area (Å²) in [6.07, 6.45) is 2.25. The maximum absolute atomic E-state index is 8.64. The molecule has 1 rings (SSSR count). The van der Waals surface area contributed by atoms with Gasteiger partial charge in [0.1, 0.15) is 0 Å². The molecule has 5 heteroatoms. The Labute approximate surface area is 91.9 Å². The molecule has 1 aromatic rings. The third-order valence-corrected chi connectivity index (χ3v) is 2.04. The predicted octanol–water partition coefficient (Wildman–Crippen LogP) is 1.65. The van der Waals surface area contributed by atoms with E-state index in [0.29, 0.717) is 6.42 Å². The zero-order valence-corrected chi connectivity index (χ0v) is 9.38. The standard InChI is InChI=1S/C8H11BrN2O.ClH/c9-6-1-2-8(11-5-6)7(10)3-4-12;/h1-2,5,7,12H,3-4,10H2;1H/t7-;/m0./s1. The van der Waals surface area contributed by atoms with Gasteiger partial charge in [0.2, 0.25) is 0 Å². The van der Waals surface area contributed by atoms with E-state index < -0.39 is 0 Å². The number of pyridine rings is 1. The van der Waals surface area contributed by atoms with Crippen molar-refractivity contribution < 1.29 is 5.11 Å².